The van der Waals surface area contributed by atoms with E-state index in [2.05, 4.69) is 4.98 Å². The zero-order chi connectivity index (χ0) is 10.8. The number of benzene rings is 1. The van der Waals surface area contributed by atoms with Gasteiger partial charge in [0.15, 0.2) is 12.2 Å². The fourth-order valence-electron chi connectivity index (χ4n) is 1.29. The second-order valence-corrected chi connectivity index (χ2v) is 2.96. The number of rotatable bonds is 2. The summed E-state index contributed by atoms with van der Waals surface area (Å²) < 4.78 is 31.6. The summed E-state index contributed by atoms with van der Waals surface area (Å²) in [5.74, 6) is -1.54. The van der Waals surface area contributed by atoms with Crippen LogP contribution in [0.4, 0.5) is 8.78 Å². The summed E-state index contributed by atoms with van der Waals surface area (Å²) >= 11 is 0. The maximum absolute atomic E-state index is 13.4. The maximum Gasteiger partial charge on any atom is 0.181 e. The largest absolute Gasteiger partial charge is 0.443 e. The third-order valence-corrected chi connectivity index (χ3v) is 1.96. The highest BCUT2D eigenvalue weighted by Crippen LogP contribution is 2.26. The Morgan fingerprint density at radius 1 is 1.27 bits per heavy atom. The normalized spacial score (nSPS) is 10.6. The van der Waals surface area contributed by atoms with E-state index in [1.54, 1.807) is 0 Å². The molecule has 0 radical (unpaired) electrons. The number of hydrogen-bond donors (Lipinski definition) is 1. The summed E-state index contributed by atoms with van der Waals surface area (Å²) in [5, 5.41) is 8.74. The first-order valence-electron chi connectivity index (χ1n) is 4.20. The van der Waals surface area contributed by atoms with Gasteiger partial charge < -0.3 is 9.52 Å². The van der Waals surface area contributed by atoms with E-state index in [1.165, 1.54) is 6.20 Å². The number of hydrogen-bond acceptors (Lipinski definition) is 3. The summed E-state index contributed by atoms with van der Waals surface area (Å²) in [7, 11) is 0. The van der Waals surface area contributed by atoms with Crippen LogP contribution in [0.3, 0.4) is 0 Å². The number of aromatic nitrogens is 1. The Kier molecular flexibility index (Phi) is 2.47. The fraction of sp³-hybridized carbons (Fsp3) is 0.100. The van der Waals surface area contributed by atoms with Crippen molar-refractivity contribution >= 4 is 0 Å². The van der Waals surface area contributed by atoms with Gasteiger partial charge in [-0.2, -0.15) is 0 Å². The van der Waals surface area contributed by atoms with Crippen LogP contribution in [0, 0.1) is 11.6 Å². The van der Waals surface area contributed by atoms with Gasteiger partial charge in [-0.1, -0.05) is 0 Å². The van der Waals surface area contributed by atoms with Crippen LogP contribution in [0.1, 0.15) is 5.56 Å². The lowest BCUT2D eigenvalue weighted by molar-refractivity contribution is 0.280. The van der Waals surface area contributed by atoms with E-state index < -0.39 is 18.2 Å². The van der Waals surface area contributed by atoms with Crippen LogP contribution in [-0.2, 0) is 6.61 Å². The highest BCUT2D eigenvalue weighted by atomic mass is 19.1. The first-order chi connectivity index (χ1) is 7.22. The van der Waals surface area contributed by atoms with Crippen LogP contribution < -0.4 is 0 Å². The number of oxazole rings is 1. The van der Waals surface area contributed by atoms with Crippen LogP contribution in [0.25, 0.3) is 11.3 Å². The minimum absolute atomic E-state index is 0.0227. The Labute approximate surface area is 84.0 Å². The summed E-state index contributed by atoms with van der Waals surface area (Å²) in [5.41, 5.74) is -0.0991. The predicted octanol–water partition coefficient (Wildman–Crippen LogP) is 2.11. The Bertz CT molecular complexity index is 445. The lowest BCUT2D eigenvalue weighted by Gasteiger charge is -2.03. The van der Waals surface area contributed by atoms with Gasteiger partial charge in [-0.05, 0) is 17.7 Å². The Morgan fingerprint density at radius 3 is 2.40 bits per heavy atom. The SMILES string of the molecule is OCc1cc(F)c(-c2cnco2)c(F)c1. The lowest BCUT2D eigenvalue weighted by atomic mass is 10.1. The van der Waals surface area contributed by atoms with Gasteiger partial charge in [-0.25, -0.2) is 13.8 Å². The molecule has 2 rings (SSSR count). The number of nitrogens with zero attached hydrogens (tertiary/aromatic N) is 1. The van der Waals surface area contributed by atoms with Gasteiger partial charge in [0.2, 0.25) is 0 Å². The van der Waals surface area contributed by atoms with E-state index in [-0.39, 0.29) is 16.9 Å². The highest BCUT2D eigenvalue weighted by molar-refractivity contribution is 5.58. The molecule has 1 N–H and O–H groups in total. The molecule has 78 valence electrons. The molecule has 0 aliphatic heterocycles. The maximum atomic E-state index is 13.4. The van der Waals surface area contributed by atoms with Crippen molar-refractivity contribution < 1.29 is 18.3 Å². The molecule has 0 fully saturated rings. The van der Waals surface area contributed by atoms with E-state index in [9.17, 15) is 8.78 Å². The van der Waals surface area contributed by atoms with E-state index >= 15 is 0 Å². The van der Waals surface area contributed by atoms with Crippen LogP contribution >= 0.6 is 0 Å². The van der Waals surface area contributed by atoms with Crippen molar-refractivity contribution in [2.75, 3.05) is 0 Å². The van der Waals surface area contributed by atoms with Crippen LogP contribution in [0.5, 0.6) is 0 Å². The molecule has 1 aromatic heterocycles. The summed E-state index contributed by atoms with van der Waals surface area (Å²) in [6.45, 7) is -0.412. The molecule has 3 nitrogen and oxygen atoms in total. The van der Waals surface area contributed by atoms with Crippen molar-refractivity contribution in [3.05, 3.63) is 41.9 Å². The molecule has 0 aliphatic rings. The average Bonchev–Trinajstić information content (AvgIpc) is 2.69. The topological polar surface area (TPSA) is 46.3 Å². The molecule has 0 spiro atoms. The predicted molar refractivity (Wildman–Crippen MR) is 47.8 cm³/mol. The first-order valence-corrected chi connectivity index (χ1v) is 4.20. The summed E-state index contributed by atoms with van der Waals surface area (Å²) in [6, 6.07) is 2.11. The Hall–Kier alpha value is -1.75. The zero-order valence-electron chi connectivity index (χ0n) is 7.58. The number of halogens is 2. The molecule has 0 saturated carbocycles. The van der Waals surface area contributed by atoms with Gasteiger partial charge in [0, 0.05) is 0 Å². The summed E-state index contributed by atoms with van der Waals surface area (Å²) in [6.07, 6.45) is 2.31. The molecule has 5 heteroatoms. The highest BCUT2D eigenvalue weighted by Gasteiger charge is 2.15. The van der Waals surface area contributed by atoms with E-state index in [1.807, 2.05) is 0 Å². The Balaban J connectivity index is 2.58. The second-order valence-electron chi connectivity index (χ2n) is 2.96. The van der Waals surface area contributed by atoms with Gasteiger partial charge in [0.05, 0.1) is 18.4 Å². The molecule has 1 heterocycles. The molecular weight excluding hydrogens is 204 g/mol. The molecular formula is C10H7F2NO2. The second kappa shape index (κ2) is 3.78. The zero-order valence-corrected chi connectivity index (χ0v) is 7.58. The van der Waals surface area contributed by atoms with E-state index in [0.717, 1.165) is 18.5 Å². The molecule has 0 amide bonds. The molecule has 0 saturated heterocycles. The fourth-order valence-corrected chi connectivity index (χ4v) is 1.29. The first kappa shape index (κ1) is 9.79. The molecule has 0 atom stereocenters. The molecule has 1 aromatic carbocycles. The minimum atomic E-state index is -0.782. The van der Waals surface area contributed by atoms with Crippen molar-refractivity contribution in [1.82, 2.24) is 4.98 Å². The summed E-state index contributed by atoms with van der Waals surface area (Å²) in [4.78, 5) is 3.57. The number of aliphatic hydroxyl groups excluding tert-OH is 1. The van der Waals surface area contributed by atoms with E-state index in [0.29, 0.717) is 0 Å². The quantitative estimate of drug-likeness (QED) is 0.827. The van der Waals surface area contributed by atoms with Crippen molar-refractivity contribution in [2.45, 2.75) is 6.61 Å². The van der Waals surface area contributed by atoms with Gasteiger partial charge in [-0.15, -0.1) is 0 Å². The van der Waals surface area contributed by atoms with Crippen molar-refractivity contribution in [1.29, 1.82) is 0 Å². The smallest absolute Gasteiger partial charge is 0.181 e. The third kappa shape index (κ3) is 1.73. The van der Waals surface area contributed by atoms with Crippen LogP contribution in [-0.4, -0.2) is 10.1 Å². The van der Waals surface area contributed by atoms with E-state index in [4.69, 9.17) is 9.52 Å². The van der Waals surface area contributed by atoms with Gasteiger partial charge in [0.25, 0.3) is 0 Å². The van der Waals surface area contributed by atoms with Crippen LogP contribution in [0.2, 0.25) is 0 Å². The Morgan fingerprint density at radius 2 is 1.93 bits per heavy atom. The molecule has 0 aliphatic carbocycles. The molecule has 2 aromatic rings. The molecule has 0 bridgehead atoms. The standard InChI is InChI=1S/C10H7F2NO2/c11-7-1-6(4-14)2-8(12)10(7)9-3-13-5-15-9/h1-3,5,14H,4H2. The monoisotopic (exact) mass is 211 g/mol. The molecule has 0 unspecified atom stereocenters. The minimum Gasteiger partial charge on any atom is -0.443 e. The van der Waals surface area contributed by atoms with Crippen molar-refractivity contribution in [3.63, 3.8) is 0 Å². The average molecular weight is 211 g/mol. The van der Waals surface area contributed by atoms with Gasteiger partial charge in [-0.3, -0.25) is 0 Å². The van der Waals surface area contributed by atoms with Crippen molar-refractivity contribution in [2.24, 2.45) is 0 Å². The molecule has 15 heavy (non-hydrogen) atoms. The lowest BCUT2D eigenvalue weighted by Crippen LogP contribution is -1.93. The number of aliphatic hydroxyl groups is 1. The third-order valence-electron chi connectivity index (χ3n) is 1.96. The van der Waals surface area contributed by atoms with Crippen LogP contribution in [0.15, 0.2) is 29.1 Å². The van der Waals surface area contributed by atoms with Crippen molar-refractivity contribution in [3.8, 4) is 11.3 Å². The van der Waals surface area contributed by atoms with Gasteiger partial charge in [0.1, 0.15) is 11.6 Å². The van der Waals surface area contributed by atoms with Gasteiger partial charge >= 0.3 is 0 Å².